The van der Waals surface area contributed by atoms with E-state index in [-0.39, 0.29) is 16.5 Å². The van der Waals surface area contributed by atoms with E-state index in [9.17, 15) is 22.3 Å². The summed E-state index contributed by atoms with van der Waals surface area (Å²) >= 11 is 0. The summed E-state index contributed by atoms with van der Waals surface area (Å²) < 4.78 is 68.3. The molecule has 10 heteroatoms. The van der Waals surface area contributed by atoms with Crippen molar-refractivity contribution in [2.75, 3.05) is 4.72 Å². The van der Waals surface area contributed by atoms with Crippen molar-refractivity contribution in [2.24, 2.45) is 0 Å². The van der Waals surface area contributed by atoms with E-state index in [0.717, 1.165) is 0 Å². The van der Waals surface area contributed by atoms with E-state index >= 15 is 0 Å². The molecule has 0 aliphatic carbocycles. The van der Waals surface area contributed by atoms with Gasteiger partial charge in [-0.05, 0) is 42.3 Å². The zero-order valence-electron chi connectivity index (χ0n) is 13.9. The molecule has 1 aromatic heterocycles. The number of nitrogens with one attached hydrogen (secondary N) is 1. The third-order valence-corrected chi connectivity index (χ3v) is 4.90. The minimum absolute atomic E-state index is 0.192. The van der Waals surface area contributed by atoms with Crippen molar-refractivity contribution >= 4 is 16.6 Å². The molecule has 0 saturated heterocycles. The molecule has 0 atom stereocenters. The van der Waals surface area contributed by atoms with Crippen molar-refractivity contribution in [3.05, 3.63) is 60.4 Å². The Morgan fingerprint density at radius 1 is 1.00 bits per heavy atom. The van der Waals surface area contributed by atoms with Crippen molar-refractivity contribution in [1.82, 2.24) is 5.16 Å². The molecule has 0 unspecified atom stereocenters. The van der Waals surface area contributed by atoms with Gasteiger partial charge in [0.25, 0.3) is 0 Å². The van der Waals surface area contributed by atoms with E-state index in [4.69, 9.17) is 4.52 Å². The van der Waals surface area contributed by atoms with E-state index in [1.54, 1.807) is 19.1 Å². The molecule has 2 aromatic carbocycles. The first-order valence-electron chi connectivity index (χ1n) is 7.58. The average Bonchev–Trinajstić information content (AvgIpc) is 2.98. The monoisotopic (exact) mass is 400 g/mol. The second-order valence-electron chi connectivity index (χ2n) is 5.57. The van der Waals surface area contributed by atoms with E-state index in [1.165, 1.54) is 42.5 Å². The fourth-order valence-electron chi connectivity index (χ4n) is 2.31. The highest BCUT2D eigenvalue weighted by Gasteiger charge is 2.31. The molecular formula is C17H15F3N2O4S. The number of hydrogen-bond acceptors (Lipinski definition) is 6. The molecular weight excluding hydrogens is 385 g/mol. The third-order valence-electron chi connectivity index (χ3n) is 3.48. The van der Waals surface area contributed by atoms with Gasteiger partial charge < -0.3 is 9.26 Å². The molecule has 0 amide bonds. The minimum atomic E-state index is -4.74. The van der Waals surface area contributed by atoms with Gasteiger partial charge >= 0.3 is 6.36 Å². The normalized spacial score (nSPS) is 12.7. The Balaban J connectivity index is 1.74. The lowest BCUT2D eigenvalue weighted by Gasteiger charge is -2.32. The molecule has 0 aliphatic rings. The highest BCUT2D eigenvalue weighted by atomic mass is 32.3. The van der Waals surface area contributed by atoms with E-state index in [0.29, 0.717) is 16.9 Å². The first-order chi connectivity index (χ1) is 12.6. The Morgan fingerprint density at radius 3 is 2.04 bits per heavy atom. The van der Waals surface area contributed by atoms with Gasteiger partial charge in [-0.1, -0.05) is 40.2 Å². The van der Waals surface area contributed by atoms with Crippen molar-refractivity contribution in [1.29, 1.82) is 0 Å². The van der Waals surface area contributed by atoms with Crippen LogP contribution in [0.4, 0.5) is 19.0 Å². The predicted octanol–water partition coefficient (Wildman–Crippen LogP) is 5.69. The molecule has 0 saturated carbocycles. The molecule has 0 radical (unpaired) electrons. The molecule has 27 heavy (non-hydrogen) atoms. The first kappa shape index (κ1) is 19.1. The summed E-state index contributed by atoms with van der Waals surface area (Å²) in [6, 6.07) is 13.1. The van der Waals surface area contributed by atoms with Crippen molar-refractivity contribution < 1.29 is 31.5 Å². The predicted molar refractivity (Wildman–Crippen MR) is 94.5 cm³/mol. The lowest BCUT2D eigenvalue weighted by atomic mass is 10.1. The number of halogens is 3. The number of aromatic nitrogens is 1. The summed E-state index contributed by atoms with van der Waals surface area (Å²) in [4.78, 5) is 0.226. The van der Waals surface area contributed by atoms with Crippen LogP contribution in [-0.4, -0.2) is 20.6 Å². The third kappa shape index (κ3) is 4.94. The largest absolute Gasteiger partial charge is 0.573 e. The van der Waals surface area contributed by atoms with Crippen LogP contribution >= 0.6 is 10.8 Å². The fraction of sp³-hybridized carbons (Fsp3) is 0.118. The van der Waals surface area contributed by atoms with Crippen molar-refractivity contribution in [3.63, 3.8) is 0 Å². The molecule has 3 N–H and O–H groups in total. The Morgan fingerprint density at radius 2 is 1.56 bits per heavy atom. The first-order valence-corrected chi connectivity index (χ1v) is 9.13. The lowest BCUT2D eigenvalue weighted by Crippen LogP contribution is -2.16. The maximum absolute atomic E-state index is 12.2. The smallest absolute Gasteiger partial charge is 0.406 e. The van der Waals surface area contributed by atoms with Crippen LogP contribution in [0, 0.1) is 6.92 Å². The molecule has 144 valence electrons. The number of alkyl halides is 3. The van der Waals surface area contributed by atoms with Gasteiger partial charge in [0.05, 0.1) is 4.90 Å². The van der Waals surface area contributed by atoms with E-state index in [2.05, 4.69) is 14.6 Å². The number of anilines is 1. The molecule has 6 nitrogen and oxygen atoms in total. The lowest BCUT2D eigenvalue weighted by molar-refractivity contribution is -0.274. The van der Waals surface area contributed by atoms with Gasteiger partial charge in [-0.3, -0.25) is 13.8 Å². The van der Waals surface area contributed by atoms with Crippen LogP contribution in [0.5, 0.6) is 5.75 Å². The average molecular weight is 400 g/mol. The van der Waals surface area contributed by atoms with Crippen LogP contribution in [0.2, 0.25) is 0 Å². The summed E-state index contributed by atoms with van der Waals surface area (Å²) in [7, 11) is -3.34. The molecule has 0 spiro atoms. The summed E-state index contributed by atoms with van der Waals surface area (Å²) in [5, 5.41) is 3.65. The summed E-state index contributed by atoms with van der Waals surface area (Å²) in [6.45, 7) is 1.67. The Bertz CT molecular complexity index is 909. The molecule has 0 fully saturated rings. The van der Waals surface area contributed by atoms with Gasteiger partial charge in [-0.2, -0.15) is 0 Å². The highest BCUT2D eigenvalue weighted by Crippen LogP contribution is 2.47. The van der Waals surface area contributed by atoms with E-state index in [1.807, 2.05) is 0 Å². The SMILES string of the molecule is Cc1cc(NS(O)(O)c2ccc(-c3ccc(OC(F)(F)F)cc3)cc2)no1. The second-order valence-corrected chi connectivity index (χ2v) is 7.34. The number of hydrogen-bond donors (Lipinski definition) is 3. The number of ether oxygens (including phenoxy) is 1. The summed E-state index contributed by atoms with van der Waals surface area (Å²) in [5.74, 6) is 0.391. The zero-order valence-corrected chi connectivity index (χ0v) is 14.7. The second kappa shape index (κ2) is 7.14. The van der Waals surface area contributed by atoms with Crippen LogP contribution in [0.25, 0.3) is 11.1 Å². The van der Waals surface area contributed by atoms with Gasteiger partial charge in [0.1, 0.15) is 11.5 Å². The Labute approximate surface area is 154 Å². The Hall–Kier alpha value is -2.69. The van der Waals surface area contributed by atoms with Gasteiger partial charge in [0.2, 0.25) is 0 Å². The Kier molecular flexibility index (Phi) is 5.05. The standard InChI is InChI=1S/C17H15F3N2O4S/c1-11-10-16(21-26-11)22-27(23,24)15-8-4-13(5-9-15)12-2-6-14(7-3-12)25-17(18,19)20/h2-10,23-24H,1H3,(H,21,22). The van der Waals surface area contributed by atoms with Crippen LogP contribution in [0.15, 0.2) is 64.0 Å². The van der Waals surface area contributed by atoms with Crippen LogP contribution in [-0.2, 0) is 0 Å². The van der Waals surface area contributed by atoms with Gasteiger partial charge in [0, 0.05) is 6.07 Å². The van der Waals surface area contributed by atoms with Gasteiger partial charge in [-0.25, -0.2) is 0 Å². The van der Waals surface area contributed by atoms with Gasteiger partial charge in [-0.15, -0.1) is 13.2 Å². The van der Waals surface area contributed by atoms with Crippen LogP contribution < -0.4 is 9.46 Å². The summed E-state index contributed by atoms with van der Waals surface area (Å²) in [6.07, 6.45) is -4.74. The van der Waals surface area contributed by atoms with Crippen LogP contribution in [0.1, 0.15) is 5.76 Å². The molecule has 3 aromatic rings. The zero-order chi connectivity index (χ0) is 19.7. The fourth-order valence-corrected chi connectivity index (χ4v) is 3.33. The maximum Gasteiger partial charge on any atom is 0.573 e. The number of benzene rings is 2. The number of rotatable bonds is 5. The van der Waals surface area contributed by atoms with Crippen LogP contribution in [0.3, 0.4) is 0 Å². The molecule has 1 heterocycles. The molecule has 0 bridgehead atoms. The quantitative estimate of drug-likeness (QED) is 0.510. The molecule has 3 rings (SSSR count). The highest BCUT2D eigenvalue weighted by molar-refractivity contribution is 8.25. The molecule has 0 aliphatic heterocycles. The van der Waals surface area contributed by atoms with Gasteiger partial charge in [0.15, 0.2) is 5.82 Å². The summed E-state index contributed by atoms with van der Waals surface area (Å²) in [5.41, 5.74) is 1.33. The number of nitrogens with zero attached hydrogens (tertiary/aromatic N) is 1. The topological polar surface area (TPSA) is 87.8 Å². The number of aryl methyl sites for hydroxylation is 1. The van der Waals surface area contributed by atoms with E-state index < -0.39 is 17.1 Å². The minimum Gasteiger partial charge on any atom is -0.406 e. The van der Waals surface area contributed by atoms with Crippen molar-refractivity contribution in [3.8, 4) is 16.9 Å². The van der Waals surface area contributed by atoms with Crippen molar-refractivity contribution in [2.45, 2.75) is 18.2 Å². The maximum atomic E-state index is 12.2.